The number of hydrogen-bond donors (Lipinski definition) is 0. The zero-order chi connectivity index (χ0) is 8.97. The van der Waals surface area contributed by atoms with Crippen molar-refractivity contribution in [2.45, 2.75) is 32.0 Å². The molecule has 1 heterocycles. The molecule has 0 N–H and O–H groups in total. The van der Waals surface area contributed by atoms with Gasteiger partial charge in [-0.3, -0.25) is 0 Å². The first kappa shape index (κ1) is 9.65. The molecule has 2 nitrogen and oxygen atoms in total. The van der Waals surface area contributed by atoms with Gasteiger partial charge in [-0.15, -0.1) is 0 Å². The van der Waals surface area contributed by atoms with Crippen LogP contribution in [0.5, 0.6) is 0 Å². The van der Waals surface area contributed by atoms with E-state index in [-0.39, 0.29) is 0 Å². The second-order valence-electron chi connectivity index (χ2n) is 2.77. The lowest BCUT2D eigenvalue weighted by atomic mass is 10.2. The Hall–Kier alpha value is -0.440. The lowest BCUT2D eigenvalue weighted by molar-refractivity contribution is 0.841. The van der Waals surface area contributed by atoms with Gasteiger partial charge in [-0.05, 0) is 13.3 Å². The van der Waals surface area contributed by atoms with E-state index in [4.69, 9.17) is 0 Å². The molecule has 0 amide bonds. The molecule has 66 valence electrons. The molecule has 0 atom stereocenters. The predicted octanol–water partition coefficient (Wildman–Crippen LogP) is 2.63. The number of rotatable bonds is 3. The second kappa shape index (κ2) is 4.55. The average Bonchev–Trinajstić information content (AvgIpc) is 2.05. The fourth-order valence-electron chi connectivity index (χ4n) is 1.11. The van der Waals surface area contributed by atoms with E-state index in [1.54, 1.807) is 0 Å². The van der Waals surface area contributed by atoms with Crippen molar-refractivity contribution >= 4 is 15.9 Å². The molecule has 1 rings (SSSR count). The highest BCUT2D eigenvalue weighted by Crippen LogP contribution is 2.11. The largest absolute Gasteiger partial charge is 0.241 e. The minimum atomic E-state index is 0.850. The fraction of sp³-hybridized carbons (Fsp3) is 0.556. The van der Waals surface area contributed by atoms with E-state index < -0.39 is 0 Å². The summed E-state index contributed by atoms with van der Waals surface area (Å²) in [6.07, 6.45) is 4.09. The molecule has 12 heavy (non-hydrogen) atoms. The second-order valence-corrected chi connectivity index (χ2v) is 3.33. The van der Waals surface area contributed by atoms with Gasteiger partial charge in [-0.25, -0.2) is 9.97 Å². The molecular formula is C9H13BrN2. The van der Waals surface area contributed by atoms with E-state index in [0.717, 1.165) is 24.0 Å². The summed E-state index contributed by atoms with van der Waals surface area (Å²) in [4.78, 5) is 8.54. The first-order chi connectivity index (χ1) is 5.77. The lowest BCUT2D eigenvalue weighted by Gasteiger charge is -2.04. The van der Waals surface area contributed by atoms with Crippen LogP contribution in [0, 0.1) is 6.92 Å². The quantitative estimate of drug-likeness (QED) is 0.744. The highest BCUT2D eigenvalue weighted by molar-refractivity contribution is 9.08. The fourth-order valence-corrected chi connectivity index (χ4v) is 1.58. The van der Waals surface area contributed by atoms with E-state index in [1.807, 2.05) is 13.1 Å². The molecule has 0 aliphatic carbocycles. The molecule has 1 aromatic rings. The van der Waals surface area contributed by atoms with Crippen molar-refractivity contribution in [3.05, 3.63) is 23.3 Å². The van der Waals surface area contributed by atoms with Crippen LogP contribution in [-0.4, -0.2) is 9.97 Å². The first-order valence-electron chi connectivity index (χ1n) is 4.15. The van der Waals surface area contributed by atoms with Gasteiger partial charge in [0.25, 0.3) is 0 Å². The summed E-state index contributed by atoms with van der Waals surface area (Å²) in [5, 5.41) is 0.850. The van der Waals surface area contributed by atoms with Crippen LogP contribution in [0.3, 0.4) is 0 Å². The first-order valence-corrected chi connectivity index (χ1v) is 5.27. The van der Waals surface area contributed by atoms with Gasteiger partial charge in [-0.1, -0.05) is 29.3 Å². The molecular weight excluding hydrogens is 216 g/mol. The molecule has 0 saturated carbocycles. The standard InChI is InChI=1S/C9H13BrN2/c1-3-4-9-8(5-10)6-11-7(2)12-9/h6H,3-5H2,1-2H3. The third kappa shape index (κ3) is 2.27. The maximum Gasteiger partial charge on any atom is 0.125 e. The highest BCUT2D eigenvalue weighted by atomic mass is 79.9. The van der Waals surface area contributed by atoms with Crippen LogP contribution in [-0.2, 0) is 11.8 Å². The van der Waals surface area contributed by atoms with Crippen molar-refractivity contribution in [1.29, 1.82) is 0 Å². The highest BCUT2D eigenvalue weighted by Gasteiger charge is 2.02. The smallest absolute Gasteiger partial charge is 0.125 e. The zero-order valence-electron chi connectivity index (χ0n) is 7.47. The summed E-state index contributed by atoms with van der Waals surface area (Å²) < 4.78 is 0. The molecule has 0 saturated heterocycles. The van der Waals surface area contributed by atoms with Gasteiger partial charge in [0.15, 0.2) is 0 Å². The maximum atomic E-state index is 4.39. The molecule has 0 aliphatic heterocycles. The van der Waals surface area contributed by atoms with Crippen molar-refractivity contribution < 1.29 is 0 Å². The van der Waals surface area contributed by atoms with Crippen LogP contribution in [0.1, 0.15) is 30.4 Å². The van der Waals surface area contributed by atoms with Crippen LogP contribution < -0.4 is 0 Å². The van der Waals surface area contributed by atoms with E-state index in [0.29, 0.717) is 0 Å². The number of aryl methyl sites for hydroxylation is 2. The van der Waals surface area contributed by atoms with Crippen LogP contribution >= 0.6 is 15.9 Å². The van der Waals surface area contributed by atoms with Gasteiger partial charge >= 0.3 is 0 Å². The minimum Gasteiger partial charge on any atom is -0.241 e. The number of nitrogens with zero attached hydrogens (tertiary/aromatic N) is 2. The summed E-state index contributed by atoms with van der Waals surface area (Å²) in [5.41, 5.74) is 2.39. The van der Waals surface area contributed by atoms with Gasteiger partial charge in [0, 0.05) is 22.8 Å². The average molecular weight is 229 g/mol. The molecule has 1 aromatic heterocycles. The Morgan fingerprint density at radius 2 is 2.25 bits per heavy atom. The summed E-state index contributed by atoms with van der Waals surface area (Å²) in [5.74, 6) is 0.864. The van der Waals surface area contributed by atoms with E-state index in [9.17, 15) is 0 Å². The Labute approximate surface area is 81.6 Å². The summed E-state index contributed by atoms with van der Waals surface area (Å²) in [6, 6.07) is 0. The van der Waals surface area contributed by atoms with E-state index >= 15 is 0 Å². The Bertz CT molecular complexity index is 261. The molecule has 0 bridgehead atoms. The molecule has 0 spiro atoms. The summed E-state index contributed by atoms with van der Waals surface area (Å²) in [6.45, 7) is 4.09. The molecule has 0 radical (unpaired) electrons. The SMILES string of the molecule is CCCc1nc(C)ncc1CBr. The van der Waals surface area contributed by atoms with Crippen LogP contribution in [0.15, 0.2) is 6.20 Å². The van der Waals surface area contributed by atoms with Crippen LogP contribution in [0.2, 0.25) is 0 Å². The minimum absolute atomic E-state index is 0.850. The van der Waals surface area contributed by atoms with Crippen molar-refractivity contribution in [3.8, 4) is 0 Å². The predicted molar refractivity (Wildman–Crippen MR) is 53.4 cm³/mol. The summed E-state index contributed by atoms with van der Waals surface area (Å²) in [7, 11) is 0. The Kier molecular flexibility index (Phi) is 3.66. The lowest BCUT2D eigenvalue weighted by Crippen LogP contribution is -1.99. The van der Waals surface area contributed by atoms with Crippen molar-refractivity contribution in [2.24, 2.45) is 0 Å². The Morgan fingerprint density at radius 1 is 1.50 bits per heavy atom. The molecule has 3 heteroatoms. The van der Waals surface area contributed by atoms with Crippen LogP contribution in [0.4, 0.5) is 0 Å². The molecule has 0 fully saturated rings. The third-order valence-corrected chi connectivity index (χ3v) is 2.31. The third-order valence-electron chi connectivity index (χ3n) is 1.71. The Balaban J connectivity index is 2.95. The molecule has 0 aromatic carbocycles. The molecule has 0 aliphatic rings. The van der Waals surface area contributed by atoms with Gasteiger partial charge < -0.3 is 0 Å². The van der Waals surface area contributed by atoms with E-state index in [2.05, 4.69) is 32.8 Å². The van der Waals surface area contributed by atoms with Crippen molar-refractivity contribution in [1.82, 2.24) is 9.97 Å². The Morgan fingerprint density at radius 3 is 2.83 bits per heavy atom. The van der Waals surface area contributed by atoms with Crippen molar-refractivity contribution in [3.63, 3.8) is 0 Å². The van der Waals surface area contributed by atoms with Crippen molar-refractivity contribution in [2.75, 3.05) is 0 Å². The summed E-state index contributed by atoms with van der Waals surface area (Å²) >= 11 is 3.42. The topological polar surface area (TPSA) is 25.8 Å². The van der Waals surface area contributed by atoms with E-state index in [1.165, 1.54) is 11.3 Å². The number of halogens is 1. The van der Waals surface area contributed by atoms with Crippen LogP contribution in [0.25, 0.3) is 0 Å². The monoisotopic (exact) mass is 228 g/mol. The molecule has 0 unspecified atom stereocenters. The number of hydrogen-bond acceptors (Lipinski definition) is 2. The van der Waals surface area contributed by atoms with Gasteiger partial charge in [0.05, 0.1) is 0 Å². The normalized spacial score (nSPS) is 10.2. The van der Waals surface area contributed by atoms with Gasteiger partial charge in [0.2, 0.25) is 0 Å². The van der Waals surface area contributed by atoms with Gasteiger partial charge in [0.1, 0.15) is 5.82 Å². The number of aromatic nitrogens is 2. The number of alkyl halides is 1. The zero-order valence-corrected chi connectivity index (χ0v) is 9.06. The maximum absolute atomic E-state index is 4.39. The van der Waals surface area contributed by atoms with Gasteiger partial charge in [-0.2, -0.15) is 0 Å².